The molecule has 0 aromatic heterocycles. The van der Waals surface area contributed by atoms with E-state index >= 15 is 0 Å². The van der Waals surface area contributed by atoms with Crippen LogP contribution in [0.1, 0.15) is 25.8 Å². The topological polar surface area (TPSA) is 26.0 Å². The Bertz CT molecular complexity index is 296. The molecule has 0 amide bonds. The van der Waals surface area contributed by atoms with E-state index in [1.807, 2.05) is 17.8 Å². The minimum atomic E-state index is 0.779. The first kappa shape index (κ1) is 11.4. The molecular weight excluding hydrogens is 190 g/mol. The molecule has 0 saturated heterocycles. The van der Waals surface area contributed by atoms with Crippen molar-refractivity contribution in [3.8, 4) is 0 Å². The molecule has 1 rings (SSSR count). The monoisotopic (exact) mass is 209 g/mol. The van der Waals surface area contributed by atoms with Crippen molar-refractivity contribution in [3.63, 3.8) is 0 Å². The summed E-state index contributed by atoms with van der Waals surface area (Å²) >= 11 is 1.91. The van der Waals surface area contributed by atoms with Crippen molar-refractivity contribution in [2.45, 2.75) is 32.1 Å². The zero-order valence-electron chi connectivity index (χ0n) is 9.21. The maximum absolute atomic E-state index is 5.75. The van der Waals surface area contributed by atoms with Gasteiger partial charge in [-0.15, -0.1) is 11.8 Å². The molecule has 1 nitrogen and oxygen atoms in total. The van der Waals surface area contributed by atoms with Crippen LogP contribution in [0, 0.1) is 12.8 Å². The molecule has 1 unspecified atom stereocenters. The summed E-state index contributed by atoms with van der Waals surface area (Å²) in [6.45, 7) is 6.66. The highest BCUT2D eigenvalue weighted by atomic mass is 32.2. The van der Waals surface area contributed by atoms with Gasteiger partial charge in [-0.25, -0.2) is 0 Å². The highest BCUT2D eigenvalue weighted by Crippen LogP contribution is 2.26. The standard InChI is InChI=1S/C12H19NS/c1-4-9(2)8-14-12-7-11(13)6-5-10(12)3/h5-7,9H,4,8,13H2,1-3H3. The second kappa shape index (κ2) is 5.30. The van der Waals surface area contributed by atoms with Gasteiger partial charge in [-0.3, -0.25) is 0 Å². The van der Waals surface area contributed by atoms with E-state index in [4.69, 9.17) is 5.73 Å². The largest absolute Gasteiger partial charge is 0.399 e. The third-order valence-corrected chi connectivity index (χ3v) is 3.92. The van der Waals surface area contributed by atoms with E-state index < -0.39 is 0 Å². The van der Waals surface area contributed by atoms with Gasteiger partial charge in [0.2, 0.25) is 0 Å². The van der Waals surface area contributed by atoms with Gasteiger partial charge >= 0.3 is 0 Å². The smallest absolute Gasteiger partial charge is 0.0325 e. The van der Waals surface area contributed by atoms with E-state index in [9.17, 15) is 0 Å². The number of thioether (sulfide) groups is 1. The molecule has 1 atom stereocenters. The van der Waals surface area contributed by atoms with Crippen LogP contribution in [-0.4, -0.2) is 5.75 Å². The minimum absolute atomic E-state index is 0.779. The maximum Gasteiger partial charge on any atom is 0.0325 e. The maximum atomic E-state index is 5.75. The van der Waals surface area contributed by atoms with Crippen molar-refractivity contribution in [3.05, 3.63) is 23.8 Å². The van der Waals surface area contributed by atoms with Gasteiger partial charge in [0.25, 0.3) is 0 Å². The lowest BCUT2D eigenvalue weighted by atomic mass is 10.2. The van der Waals surface area contributed by atoms with Crippen LogP contribution in [0.3, 0.4) is 0 Å². The van der Waals surface area contributed by atoms with Crippen molar-refractivity contribution in [1.82, 2.24) is 0 Å². The van der Waals surface area contributed by atoms with Crippen LogP contribution < -0.4 is 5.73 Å². The Morgan fingerprint density at radius 2 is 2.14 bits per heavy atom. The first-order valence-electron chi connectivity index (χ1n) is 5.12. The van der Waals surface area contributed by atoms with Gasteiger partial charge in [-0.05, 0) is 30.5 Å². The number of nitrogens with two attached hydrogens (primary N) is 1. The predicted molar refractivity (Wildman–Crippen MR) is 65.8 cm³/mol. The number of hydrogen-bond acceptors (Lipinski definition) is 2. The second-order valence-electron chi connectivity index (χ2n) is 3.85. The van der Waals surface area contributed by atoms with Crippen LogP contribution in [0.5, 0.6) is 0 Å². The van der Waals surface area contributed by atoms with Crippen LogP contribution >= 0.6 is 11.8 Å². The van der Waals surface area contributed by atoms with Gasteiger partial charge in [0, 0.05) is 16.3 Å². The Kier molecular flexibility index (Phi) is 4.33. The van der Waals surface area contributed by atoms with Crippen LogP contribution in [-0.2, 0) is 0 Å². The number of rotatable bonds is 4. The summed E-state index contributed by atoms with van der Waals surface area (Å²) in [7, 11) is 0. The first-order valence-corrected chi connectivity index (χ1v) is 6.11. The molecule has 1 aromatic carbocycles. The lowest BCUT2D eigenvalue weighted by molar-refractivity contribution is 0.637. The zero-order valence-corrected chi connectivity index (χ0v) is 10.0. The van der Waals surface area contributed by atoms with Gasteiger partial charge in [-0.2, -0.15) is 0 Å². The van der Waals surface area contributed by atoms with E-state index in [0.29, 0.717) is 0 Å². The zero-order chi connectivity index (χ0) is 10.6. The molecule has 0 aliphatic heterocycles. The third kappa shape index (κ3) is 3.26. The molecule has 0 radical (unpaired) electrons. The number of nitrogen functional groups attached to an aromatic ring is 1. The van der Waals surface area contributed by atoms with Gasteiger partial charge in [0.1, 0.15) is 0 Å². The molecule has 0 fully saturated rings. The molecule has 0 aliphatic rings. The summed E-state index contributed by atoms with van der Waals surface area (Å²) in [5.74, 6) is 1.96. The Balaban J connectivity index is 2.62. The molecule has 78 valence electrons. The van der Waals surface area contributed by atoms with E-state index in [1.54, 1.807) is 0 Å². The molecule has 2 heteroatoms. The lowest BCUT2D eigenvalue weighted by Crippen LogP contribution is -1.96. The average Bonchev–Trinajstić information content (AvgIpc) is 2.19. The van der Waals surface area contributed by atoms with Gasteiger partial charge in [0.05, 0.1) is 0 Å². The highest BCUT2D eigenvalue weighted by Gasteiger charge is 2.03. The molecule has 0 bridgehead atoms. The number of hydrogen-bond donors (Lipinski definition) is 1. The van der Waals surface area contributed by atoms with Crippen molar-refractivity contribution >= 4 is 17.4 Å². The Labute approximate surface area is 91.1 Å². The Morgan fingerprint density at radius 3 is 2.79 bits per heavy atom. The van der Waals surface area contributed by atoms with E-state index in [2.05, 4.69) is 32.9 Å². The van der Waals surface area contributed by atoms with E-state index in [-0.39, 0.29) is 0 Å². The summed E-state index contributed by atoms with van der Waals surface area (Å²) in [4.78, 5) is 1.32. The van der Waals surface area contributed by atoms with Crippen molar-refractivity contribution in [1.29, 1.82) is 0 Å². The van der Waals surface area contributed by atoms with Crippen LogP contribution in [0.2, 0.25) is 0 Å². The lowest BCUT2D eigenvalue weighted by Gasteiger charge is -2.10. The summed E-state index contributed by atoms with van der Waals surface area (Å²) in [5, 5.41) is 0. The second-order valence-corrected chi connectivity index (χ2v) is 4.91. The molecule has 14 heavy (non-hydrogen) atoms. The number of aryl methyl sites for hydroxylation is 1. The van der Waals surface area contributed by atoms with Crippen LogP contribution in [0.15, 0.2) is 23.1 Å². The Hall–Kier alpha value is -0.630. The fourth-order valence-electron chi connectivity index (χ4n) is 1.12. The minimum Gasteiger partial charge on any atom is -0.399 e. The molecule has 0 heterocycles. The summed E-state index contributed by atoms with van der Waals surface area (Å²) in [5.41, 5.74) is 7.94. The molecule has 0 saturated carbocycles. The average molecular weight is 209 g/mol. The molecular formula is C12H19NS. The summed E-state index contributed by atoms with van der Waals surface area (Å²) in [6.07, 6.45) is 1.24. The predicted octanol–water partition coefficient (Wildman–Crippen LogP) is 3.72. The van der Waals surface area contributed by atoms with E-state index in [1.165, 1.54) is 22.6 Å². The highest BCUT2D eigenvalue weighted by molar-refractivity contribution is 7.99. The summed E-state index contributed by atoms with van der Waals surface area (Å²) in [6, 6.07) is 6.12. The fourth-order valence-corrected chi connectivity index (χ4v) is 2.34. The van der Waals surface area contributed by atoms with Crippen molar-refractivity contribution in [2.75, 3.05) is 11.5 Å². The van der Waals surface area contributed by atoms with Crippen molar-refractivity contribution in [2.24, 2.45) is 5.92 Å². The van der Waals surface area contributed by atoms with Crippen LogP contribution in [0.25, 0.3) is 0 Å². The SMILES string of the molecule is CCC(C)CSc1cc(N)ccc1C. The van der Waals surface area contributed by atoms with Crippen LogP contribution in [0.4, 0.5) is 5.69 Å². The summed E-state index contributed by atoms with van der Waals surface area (Å²) < 4.78 is 0. The third-order valence-electron chi connectivity index (χ3n) is 2.43. The Morgan fingerprint density at radius 1 is 1.43 bits per heavy atom. The molecule has 1 aromatic rings. The molecule has 0 aliphatic carbocycles. The molecule has 0 spiro atoms. The first-order chi connectivity index (χ1) is 6.63. The fraction of sp³-hybridized carbons (Fsp3) is 0.500. The van der Waals surface area contributed by atoms with E-state index in [0.717, 1.165) is 11.6 Å². The quantitative estimate of drug-likeness (QED) is 0.604. The number of benzene rings is 1. The van der Waals surface area contributed by atoms with Gasteiger partial charge in [0.15, 0.2) is 0 Å². The number of anilines is 1. The molecule has 2 N–H and O–H groups in total. The van der Waals surface area contributed by atoms with Crippen molar-refractivity contribution < 1.29 is 0 Å². The van der Waals surface area contributed by atoms with Gasteiger partial charge < -0.3 is 5.73 Å². The normalized spacial score (nSPS) is 12.8. The van der Waals surface area contributed by atoms with Gasteiger partial charge in [-0.1, -0.05) is 26.3 Å².